The van der Waals surface area contributed by atoms with Crippen LogP contribution in [0, 0.1) is 5.92 Å². The summed E-state index contributed by atoms with van der Waals surface area (Å²) in [5, 5.41) is 15.0. The Morgan fingerprint density at radius 1 is 1.15 bits per heavy atom. The largest absolute Gasteiger partial charge is 0.407 e. The molecule has 2 N–H and O–H groups in total. The Morgan fingerprint density at radius 2 is 1.90 bits per heavy atom. The first-order chi connectivity index (χ1) is 9.63. The van der Waals surface area contributed by atoms with Gasteiger partial charge in [0.2, 0.25) is 5.89 Å². The summed E-state index contributed by atoms with van der Waals surface area (Å²) in [6, 6.07) is 8.05. The van der Waals surface area contributed by atoms with Gasteiger partial charge in [-0.25, -0.2) is 0 Å². The Balaban J connectivity index is 1.79. The van der Waals surface area contributed by atoms with E-state index < -0.39 is 0 Å². The molecule has 2 aromatic rings. The molecular weight excluding hydrogens is 276 g/mol. The third kappa shape index (κ3) is 4.83. The lowest BCUT2D eigenvalue weighted by atomic mass is 10.2. The number of anilines is 1. The van der Waals surface area contributed by atoms with Crippen LogP contribution in [0.25, 0.3) is 0 Å². The molecule has 0 radical (unpaired) electrons. The molecule has 0 atom stereocenters. The molecule has 0 saturated carbocycles. The van der Waals surface area contributed by atoms with Crippen molar-refractivity contribution in [2.75, 3.05) is 11.9 Å². The Morgan fingerprint density at radius 3 is 2.60 bits per heavy atom. The fraction of sp³-hybridized carbons (Fsp3) is 0.429. The second-order valence-corrected chi connectivity index (χ2v) is 5.44. The summed E-state index contributed by atoms with van der Waals surface area (Å²) < 4.78 is 5.49. The first-order valence-corrected chi connectivity index (χ1v) is 7.02. The summed E-state index contributed by atoms with van der Waals surface area (Å²) in [7, 11) is 0. The van der Waals surface area contributed by atoms with Gasteiger partial charge in [0.25, 0.3) is 0 Å². The van der Waals surface area contributed by atoms with Gasteiger partial charge in [0.15, 0.2) is 0 Å². The van der Waals surface area contributed by atoms with E-state index >= 15 is 0 Å². The molecule has 1 aromatic heterocycles. The number of hydrogen-bond acceptors (Lipinski definition) is 5. The molecule has 0 aliphatic rings. The van der Waals surface area contributed by atoms with Crippen molar-refractivity contribution in [2.45, 2.75) is 26.9 Å². The van der Waals surface area contributed by atoms with Crippen LogP contribution in [0.5, 0.6) is 0 Å². The smallest absolute Gasteiger partial charge is 0.315 e. The topological polar surface area (TPSA) is 63.0 Å². The lowest BCUT2D eigenvalue weighted by Crippen LogP contribution is -2.19. The molecule has 5 nitrogen and oxygen atoms in total. The number of nitrogens with one attached hydrogen (secondary N) is 2. The van der Waals surface area contributed by atoms with E-state index in [-0.39, 0.29) is 0 Å². The maximum absolute atomic E-state index is 5.83. The predicted molar refractivity (Wildman–Crippen MR) is 79.6 cm³/mol. The maximum atomic E-state index is 5.83. The van der Waals surface area contributed by atoms with Gasteiger partial charge in [-0.2, -0.15) is 0 Å². The third-order valence-corrected chi connectivity index (χ3v) is 2.90. The van der Waals surface area contributed by atoms with Gasteiger partial charge in [0.05, 0.1) is 6.54 Å². The van der Waals surface area contributed by atoms with Crippen LogP contribution >= 0.6 is 11.6 Å². The van der Waals surface area contributed by atoms with Crippen LogP contribution in [0.3, 0.4) is 0 Å². The van der Waals surface area contributed by atoms with Crippen LogP contribution < -0.4 is 10.6 Å². The highest BCUT2D eigenvalue weighted by Crippen LogP contribution is 2.11. The second kappa shape index (κ2) is 7.26. The highest BCUT2D eigenvalue weighted by Gasteiger charge is 2.05. The van der Waals surface area contributed by atoms with E-state index in [2.05, 4.69) is 34.7 Å². The summed E-state index contributed by atoms with van der Waals surface area (Å²) in [5.41, 5.74) is 1.10. The fourth-order valence-corrected chi connectivity index (χ4v) is 1.77. The van der Waals surface area contributed by atoms with Crippen molar-refractivity contribution in [3.05, 3.63) is 40.7 Å². The number of aromatic nitrogens is 2. The van der Waals surface area contributed by atoms with Crippen LogP contribution in [-0.2, 0) is 13.1 Å². The van der Waals surface area contributed by atoms with Gasteiger partial charge in [0, 0.05) is 11.6 Å². The molecule has 0 aliphatic carbocycles. The molecule has 2 rings (SSSR count). The molecule has 0 amide bonds. The molecule has 0 spiro atoms. The first kappa shape index (κ1) is 14.8. The lowest BCUT2D eigenvalue weighted by Gasteiger charge is -2.04. The predicted octanol–water partition coefficient (Wildman–Crippen LogP) is 3.08. The van der Waals surface area contributed by atoms with Crippen molar-refractivity contribution >= 4 is 17.6 Å². The van der Waals surface area contributed by atoms with E-state index in [0.717, 1.165) is 17.1 Å². The number of rotatable bonds is 7. The minimum absolute atomic E-state index is 0.432. The Hall–Kier alpha value is -1.59. The molecule has 0 bridgehead atoms. The normalized spacial score (nSPS) is 11.0. The Kier molecular flexibility index (Phi) is 5.38. The fourth-order valence-electron chi connectivity index (χ4n) is 1.64. The summed E-state index contributed by atoms with van der Waals surface area (Å²) in [4.78, 5) is 0. The maximum Gasteiger partial charge on any atom is 0.315 e. The Labute approximate surface area is 123 Å². The Bertz CT molecular complexity index is 524. The van der Waals surface area contributed by atoms with Crippen LogP contribution in [0.15, 0.2) is 28.7 Å². The number of benzene rings is 1. The zero-order chi connectivity index (χ0) is 14.4. The summed E-state index contributed by atoms with van der Waals surface area (Å²) in [6.45, 7) is 6.45. The average Bonchev–Trinajstić information content (AvgIpc) is 2.86. The zero-order valence-corrected chi connectivity index (χ0v) is 12.4. The number of hydrogen-bond donors (Lipinski definition) is 2. The van der Waals surface area contributed by atoms with Gasteiger partial charge in [-0.05, 0) is 30.2 Å². The second-order valence-electron chi connectivity index (χ2n) is 5.01. The van der Waals surface area contributed by atoms with Gasteiger partial charge in [0.1, 0.15) is 0 Å². The lowest BCUT2D eigenvalue weighted by molar-refractivity contribution is 0.458. The van der Waals surface area contributed by atoms with Gasteiger partial charge in [-0.1, -0.05) is 42.7 Å². The van der Waals surface area contributed by atoms with E-state index in [1.54, 1.807) is 0 Å². The molecule has 20 heavy (non-hydrogen) atoms. The molecule has 0 aliphatic heterocycles. The molecule has 1 heterocycles. The summed E-state index contributed by atoms with van der Waals surface area (Å²) in [5.74, 6) is 1.18. The van der Waals surface area contributed by atoms with Crippen molar-refractivity contribution < 1.29 is 4.42 Å². The van der Waals surface area contributed by atoms with Crippen LogP contribution in [-0.4, -0.2) is 16.7 Å². The molecule has 0 saturated heterocycles. The van der Waals surface area contributed by atoms with Gasteiger partial charge < -0.3 is 15.1 Å². The monoisotopic (exact) mass is 294 g/mol. The SMILES string of the molecule is CC(C)CNCc1nnc(NCc2ccc(Cl)cc2)o1. The van der Waals surface area contributed by atoms with Crippen LogP contribution in [0.2, 0.25) is 5.02 Å². The van der Waals surface area contributed by atoms with E-state index in [9.17, 15) is 0 Å². The van der Waals surface area contributed by atoms with Crippen LogP contribution in [0.4, 0.5) is 6.01 Å². The van der Waals surface area contributed by atoms with E-state index in [4.69, 9.17) is 16.0 Å². The highest BCUT2D eigenvalue weighted by molar-refractivity contribution is 6.30. The van der Waals surface area contributed by atoms with Crippen molar-refractivity contribution in [2.24, 2.45) is 5.92 Å². The van der Waals surface area contributed by atoms with E-state index in [0.29, 0.717) is 30.9 Å². The van der Waals surface area contributed by atoms with Crippen molar-refractivity contribution in [3.8, 4) is 0 Å². The van der Waals surface area contributed by atoms with Crippen molar-refractivity contribution in [1.82, 2.24) is 15.5 Å². The number of halogens is 1. The summed E-state index contributed by atoms with van der Waals surface area (Å²) in [6.07, 6.45) is 0. The van der Waals surface area contributed by atoms with Crippen molar-refractivity contribution in [3.63, 3.8) is 0 Å². The zero-order valence-electron chi connectivity index (χ0n) is 11.7. The van der Waals surface area contributed by atoms with E-state index in [1.165, 1.54) is 0 Å². The quantitative estimate of drug-likeness (QED) is 0.821. The highest BCUT2D eigenvalue weighted by atomic mass is 35.5. The molecule has 6 heteroatoms. The molecule has 0 unspecified atom stereocenters. The standard InChI is InChI=1S/C14H19ClN4O/c1-10(2)7-16-9-13-18-19-14(20-13)17-8-11-3-5-12(15)6-4-11/h3-6,10,16H,7-9H2,1-2H3,(H,17,19). The minimum Gasteiger partial charge on any atom is -0.407 e. The molecular formula is C14H19ClN4O. The average molecular weight is 295 g/mol. The van der Waals surface area contributed by atoms with Gasteiger partial charge >= 0.3 is 6.01 Å². The minimum atomic E-state index is 0.432. The first-order valence-electron chi connectivity index (χ1n) is 6.65. The van der Waals surface area contributed by atoms with Gasteiger partial charge in [-0.15, -0.1) is 5.10 Å². The molecule has 0 fully saturated rings. The molecule has 108 valence electrons. The molecule has 1 aromatic carbocycles. The summed E-state index contributed by atoms with van der Waals surface area (Å²) >= 11 is 5.83. The number of nitrogens with zero attached hydrogens (tertiary/aromatic N) is 2. The van der Waals surface area contributed by atoms with Crippen molar-refractivity contribution in [1.29, 1.82) is 0 Å². The van der Waals surface area contributed by atoms with Crippen LogP contribution in [0.1, 0.15) is 25.3 Å². The van der Waals surface area contributed by atoms with Gasteiger partial charge in [-0.3, -0.25) is 0 Å². The van der Waals surface area contributed by atoms with E-state index in [1.807, 2.05) is 24.3 Å². The third-order valence-electron chi connectivity index (χ3n) is 2.65.